The van der Waals surface area contributed by atoms with Crippen LogP contribution in [0.25, 0.3) is 11.4 Å². The quantitative estimate of drug-likeness (QED) is 0.867. The van der Waals surface area contributed by atoms with Gasteiger partial charge in [-0.2, -0.15) is 0 Å². The van der Waals surface area contributed by atoms with Crippen molar-refractivity contribution in [2.45, 2.75) is 36.1 Å². The molecule has 1 heterocycles. The molecule has 3 rings (SSSR count). The second-order valence-electron chi connectivity index (χ2n) is 5.38. The van der Waals surface area contributed by atoms with Crippen LogP contribution in [0.2, 0.25) is 0 Å². The largest absolute Gasteiger partial charge is 0.496 e. The third-order valence-corrected chi connectivity index (χ3v) is 5.28. The van der Waals surface area contributed by atoms with E-state index in [1.165, 1.54) is 11.8 Å². The smallest absolute Gasteiger partial charge is 0.191 e. The number of aromatic nitrogens is 3. The molecule has 0 bridgehead atoms. The Bertz CT molecular complexity index is 684. The minimum atomic E-state index is 0.0159. The molecular formula is C16H19N3O2S. The molecule has 1 atom stereocenters. The van der Waals surface area contributed by atoms with E-state index in [-0.39, 0.29) is 5.25 Å². The molecule has 1 aliphatic rings. The van der Waals surface area contributed by atoms with Crippen molar-refractivity contribution in [3.8, 4) is 17.1 Å². The number of carbonyl (C=O) groups excluding carboxylic acids is 1. The highest BCUT2D eigenvalue weighted by atomic mass is 32.2. The van der Waals surface area contributed by atoms with Gasteiger partial charge in [0.15, 0.2) is 11.0 Å². The fraction of sp³-hybridized carbons (Fsp3) is 0.438. The minimum absolute atomic E-state index is 0.0159. The van der Waals surface area contributed by atoms with Crippen LogP contribution in [0.1, 0.15) is 25.7 Å². The van der Waals surface area contributed by atoms with Crippen molar-refractivity contribution < 1.29 is 9.53 Å². The predicted molar refractivity (Wildman–Crippen MR) is 86.1 cm³/mol. The van der Waals surface area contributed by atoms with E-state index < -0.39 is 0 Å². The van der Waals surface area contributed by atoms with Crippen LogP contribution in [-0.2, 0) is 11.8 Å². The maximum atomic E-state index is 12.0. The standard InChI is InChI=1S/C16H19N3O2S/c1-19-15(11-7-3-5-9-13(11)21-2)17-18-16(19)22-14-10-6-4-8-12(14)20/h3,5,7,9,14H,4,6,8,10H2,1-2H3/t14-/m1/s1. The number of para-hydroxylation sites is 1. The zero-order valence-corrected chi connectivity index (χ0v) is 13.6. The van der Waals surface area contributed by atoms with E-state index in [1.807, 2.05) is 35.9 Å². The number of thioether (sulfide) groups is 1. The summed E-state index contributed by atoms with van der Waals surface area (Å²) in [5.74, 6) is 1.85. The summed E-state index contributed by atoms with van der Waals surface area (Å²) in [7, 11) is 3.57. The van der Waals surface area contributed by atoms with Crippen LogP contribution in [0, 0.1) is 0 Å². The van der Waals surface area contributed by atoms with Crippen molar-refractivity contribution in [3.63, 3.8) is 0 Å². The Labute approximate surface area is 134 Å². The molecule has 1 fully saturated rings. The average Bonchev–Trinajstić information content (AvgIpc) is 2.90. The minimum Gasteiger partial charge on any atom is -0.496 e. The Morgan fingerprint density at radius 2 is 2.09 bits per heavy atom. The maximum Gasteiger partial charge on any atom is 0.191 e. The molecule has 6 heteroatoms. The first kappa shape index (κ1) is 15.1. The zero-order chi connectivity index (χ0) is 15.5. The molecule has 0 unspecified atom stereocenters. The lowest BCUT2D eigenvalue weighted by Crippen LogP contribution is -2.21. The van der Waals surface area contributed by atoms with Gasteiger partial charge in [0.25, 0.3) is 0 Å². The van der Waals surface area contributed by atoms with E-state index in [9.17, 15) is 4.79 Å². The number of hydrogen-bond acceptors (Lipinski definition) is 5. The number of ketones is 1. The third kappa shape index (κ3) is 2.88. The first-order valence-corrected chi connectivity index (χ1v) is 8.31. The van der Waals surface area contributed by atoms with Gasteiger partial charge >= 0.3 is 0 Å². The fourth-order valence-electron chi connectivity index (χ4n) is 2.68. The van der Waals surface area contributed by atoms with Crippen molar-refractivity contribution >= 4 is 17.5 Å². The first-order chi connectivity index (χ1) is 10.7. The molecular weight excluding hydrogens is 298 g/mol. The summed E-state index contributed by atoms with van der Waals surface area (Å²) in [5.41, 5.74) is 0.904. The SMILES string of the molecule is COc1ccccc1-c1nnc(S[C@@H]2CCCCC2=O)n1C. The molecule has 1 saturated carbocycles. The molecule has 1 aromatic carbocycles. The van der Waals surface area contributed by atoms with Crippen molar-refractivity contribution in [1.82, 2.24) is 14.8 Å². The average molecular weight is 317 g/mol. The van der Waals surface area contributed by atoms with Gasteiger partial charge in [0, 0.05) is 13.5 Å². The normalized spacial score (nSPS) is 18.5. The summed E-state index contributed by atoms with van der Waals surface area (Å²) in [4.78, 5) is 12.0. The van der Waals surface area contributed by atoms with E-state index in [0.717, 1.165) is 41.6 Å². The van der Waals surface area contributed by atoms with E-state index in [1.54, 1.807) is 7.11 Å². The van der Waals surface area contributed by atoms with E-state index >= 15 is 0 Å². The van der Waals surface area contributed by atoms with Gasteiger partial charge < -0.3 is 9.30 Å². The van der Waals surface area contributed by atoms with Gasteiger partial charge in [-0.25, -0.2) is 0 Å². The molecule has 0 amide bonds. The number of Topliss-reactive ketones (excluding diaryl/α,β-unsaturated/α-hetero) is 1. The van der Waals surface area contributed by atoms with Crippen LogP contribution >= 0.6 is 11.8 Å². The van der Waals surface area contributed by atoms with Gasteiger partial charge in [0.2, 0.25) is 0 Å². The highest BCUT2D eigenvalue weighted by Gasteiger charge is 2.26. The van der Waals surface area contributed by atoms with E-state index in [0.29, 0.717) is 12.2 Å². The van der Waals surface area contributed by atoms with Gasteiger partial charge in [-0.3, -0.25) is 4.79 Å². The maximum absolute atomic E-state index is 12.0. The monoisotopic (exact) mass is 317 g/mol. The summed E-state index contributed by atoms with van der Waals surface area (Å²) in [6.07, 6.45) is 3.75. The molecule has 1 aliphatic carbocycles. The fourth-order valence-corrected chi connectivity index (χ4v) is 3.81. The number of nitrogens with zero attached hydrogens (tertiary/aromatic N) is 3. The van der Waals surface area contributed by atoms with Crippen LogP contribution in [0.4, 0.5) is 0 Å². The van der Waals surface area contributed by atoms with Crippen molar-refractivity contribution in [2.75, 3.05) is 7.11 Å². The second kappa shape index (κ2) is 6.52. The number of methoxy groups -OCH3 is 1. The van der Waals surface area contributed by atoms with Crippen molar-refractivity contribution in [1.29, 1.82) is 0 Å². The topological polar surface area (TPSA) is 57.0 Å². The number of rotatable bonds is 4. The highest BCUT2D eigenvalue weighted by Crippen LogP contribution is 2.34. The first-order valence-electron chi connectivity index (χ1n) is 7.43. The van der Waals surface area contributed by atoms with Gasteiger partial charge in [-0.05, 0) is 25.0 Å². The predicted octanol–water partition coefficient (Wildman–Crippen LogP) is 3.09. The third-order valence-electron chi connectivity index (χ3n) is 3.93. The summed E-state index contributed by atoms with van der Waals surface area (Å²) < 4.78 is 7.32. The Balaban J connectivity index is 1.87. The number of hydrogen-bond donors (Lipinski definition) is 0. The lowest BCUT2D eigenvalue weighted by atomic mass is 9.99. The lowest BCUT2D eigenvalue weighted by molar-refractivity contribution is -0.119. The molecule has 0 N–H and O–H groups in total. The zero-order valence-electron chi connectivity index (χ0n) is 12.8. The Morgan fingerprint density at radius 3 is 2.86 bits per heavy atom. The molecule has 0 saturated heterocycles. The van der Waals surface area contributed by atoms with Crippen LogP contribution < -0.4 is 4.74 Å². The molecule has 0 aliphatic heterocycles. The highest BCUT2D eigenvalue weighted by molar-refractivity contribution is 8.00. The van der Waals surface area contributed by atoms with Gasteiger partial charge in [0.05, 0.1) is 17.9 Å². The summed E-state index contributed by atoms with van der Waals surface area (Å²) in [6, 6.07) is 7.74. The Morgan fingerprint density at radius 1 is 1.27 bits per heavy atom. The number of benzene rings is 1. The van der Waals surface area contributed by atoms with Gasteiger partial charge in [0.1, 0.15) is 11.5 Å². The molecule has 116 valence electrons. The molecule has 0 spiro atoms. The Hall–Kier alpha value is -1.82. The van der Waals surface area contributed by atoms with Crippen LogP contribution in [0.15, 0.2) is 29.4 Å². The van der Waals surface area contributed by atoms with E-state index in [4.69, 9.17) is 4.74 Å². The van der Waals surface area contributed by atoms with Gasteiger partial charge in [-0.1, -0.05) is 30.3 Å². The Kier molecular flexibility index (Phi) is 4.47. The molecule has 5 nitrogen and oxygen atoms in total. The number of ether oxygens (including phenoxy) is 1. The summed E-state index contributed by atoms with van der Waals surface area (Å²) in [6.45, 7) is 0. The van der Waals surface area contributed by atoms with Crippen molar-refractivity contribution in [3.05, 3.63) is 24.3 Å². The molecule has 1 aromatic heterocycles. The molecule has 0 radical (unpaired) electrons. The summed E-state index contributed by atoms with van der Waals surface area (Å²) >= 11 is 1.53. The second-order valence-corrected chi connectivity index (χ2v) is 6.55. The lowest BCUT2D eigenvalue weighted by Gasteiger charge is -2.19. The van der Waals surface area contributed by atoms with E-state index in [2.05, 4.69) is 10.2 Å². The number of carbonyl (C=O) groups is 1. The molecule has 22 heavy (non-hydrogen) atoms. The van der Waals surface area contributed by atoms with Crippen LogP contribution in [0.3, 0.4) is 0 Å². The molecule has 2 aromatic rings. The van der Waals surface area contributed by atoms with Gasteiger partial charge in [-0.15, -0.1) is 10.2 Å². The summed E-state index contributed by atoms with van der Waals surface area (Å²) in [5, 5.41) is 9.34. The van der Waals surface area contributed by atoms with Crippen molar-refractivity contribution in [2.24, 2.45) is 7.05 Å². The van der Waals surface area contributed by atoms with Crippen LogP contribution in [0.5, 0.6) is 5.75 Å². The van der Waals surface area contributed by atoms with Crippen LogP contribution in [-0.4, -0.2) is 32.9 Å².